The number of rotatable bonds is 3. The van der Waals surface area contributed by atoms with Gasteiger partial charge in [-0.05, 0) is 42.5 Å². The molecule has 2 rings (SSSR count). The molecule has 2 aromatic rings. The molecule has 0 fully saturated rings. The fourth-order valence-corrected chi connectivity index (χ4v) is 1.68. The van der Waals surface area contributed by atoms with Crippen molar-refractivity contribution in [2.75, 3.05) is 5.06 Å². The first-order valence-electron chi connectivity index (χ1n) is 5.59. The predicted molar refractivity (Wildman–Crippen MR) is 72.9 cm³/mol. The summed E-state index contributed by atoms with van der Waals surface area (Å²) in [6.45, 7) is 1.27. The normalized spacial score (nSPS) is 10.1. The number of ether oxygens (including phenoxy) is 1. The number of carbonyl (C=O) groups is 1. The summed E-state index contributed by atoms with van der Waals surface area (Å²) in [5.74, 6) is 0.749. The molecule has 0 radical (unpaired) electrons. The highest BCUT2D eigenvalue weighted by molar-refractivity contribution is 6.30. The number of hydrogen-bond acceptors (Lipinski definition) is 3. The molecular formula is C14H12ClNO3. The lowest BCUT2D eigenvalue weighted by Crippen LogP contribution is -2.23. The summed E-state index contributed by atoms with van der Waals surface area (Å²) in [6, 6.07) is 13.5. The average molecular weight is 278 g/mol. The van der Waals surface area contributed by atoms with Crippen molar-refractivity contribution in [1.82, 2.24) is 0 Å². The zero-order valence-electron chi connectivity index (χ0n) is 10.2. The second-order valence-electron chi connectivity index (χ2n) is 3.88. The highest BCUT2D eigenvalue weighted by Crippen LogP contribution is 2.25. The van der Waals surface area contributed by atoms with E-state index in [0.29, 0.717) is 27.3 Å². The third-order valence-electron chi connectivity index (χ3n) is 2.41. The smallest absolute Gasteiger partial charge is 0.247 e. The van der Waals surface area contributed by atoms with Crippen LogP contribution >= 0.6 is 11.6 Å². The summed E-state index contributed by atoms with van der Waals surface area (Å²) in [5, 5.41) is 10.6. The molecule has 0 aliphatic heterocycles. The van der Waals surface area contributed by atoms with Gasteiger partial charge in [-0.25, -0.2) is 0 Å². The van der Waals surface area contributed by atoms with E-state index in [2.05, 4.69) is 0 Å². The molecule has 0 unspecified atom stereocenters. The molecule has 0 heterocycles. The van der Waals surface area contributed by atoms with E-state index in [1.54, 1.807) is 48.5 Å². The molecule has 5 heteroatoms. The Bertz CT molecular complexity index is 583. The minimum absolute atomic E-state index is 0.381. The Labute approximate surface area is 115 Å². The number of nitrogens with zero attached hydrogens (tertiary/aromatic N) is 1. The van der Waals surface area contributed by atoms with Crippen molar-refractivity contribution < 1.29 is 14.7 Å². The summed E-state index contributed by atoms with van der Waals surface area (Å²) in [4.78, 5) is 11.0. The van der Waals surface area contributed by atoms with Crippen molar-refractivity contribution in [3.63, 3.8) is 0 Å². The van der Waals surface area contributed by atoms with Gasteiger partial charge < -0.3 is 4.74 Å². The molecule has 0 bridgehead atoms. The lowest BCUT2D eigenvalue weighted by Gasteiger charge is -2.13. The Morgan fingerprint density at radius 1 is 1.16 bits per heavy atom. The van der Waals surface area contributed by atoms with Gasteiger partial charge in [-0.2, -0.15) is 5.06 Å². The van der Waals surface area contributed by atoms with Crippen LogP contribution in [0.4, 0.5) is 5.69 Å². The van der Waals surface area contributed by atoms with Crippen LogP contribution in [0.1, 0.15) is 6.92 Å². The molecule has 0 aliphatic rings. The first-order chi connectivity index (χ1) is 9.06. The highest BCUT2D eigenvalue weighted by atomic mass is 35.5. The standard InChI is InChI=1S/C14H12ClNO3/c1-10(17)16(18)12-5-7-13(8-6-12)19-14-4-2-3-11(15)9-14/h2-9,18H,1H3. The fourth-order valence-electron chi connectivity index (χ4n) is 1.50. The van der Waals surface area contributed by atoms with Gasteiger partial charge in [-0.15, -0.1) is 0 Å². The Balaban J connectivity index is 2.13. The van der Waals surface area contributed by atoms with Gasteiger partial charge in [0.1, 0.15) is 11.5 Å². The van der Waals surface area contributed by atoms with E-state index in [4.69, 9.17) is 16.3 Å². The van der Waals surface area contributed by atoms with Crippen molar-refractivity contribution >= 4 is 23.2 Å². The SMILES string of the molecule is CC(=O)N(O)c1ccc(Oc2cccc(Cl)c2)cc1. The summed E-state index contributed by atoms with van der Waals surface area (Å²) in [6.07, 6.45) is 0. The molecule has 2 aromatic carbocycles. The van der Waals surface area contributed by atoms with Crippen LogP contribution in [0.25, 0.3) is 0 Å². The van der Waals surface area contributed by atoms with E-state index < -0.39 is 5.91 Å². The Kier molecular flexibility index (Phi) is 4.04. The number of carbonyl (C=O) groups excluding carboxylic acids is 1. The predicted octanol–water partition coefficient (Wildman–Crippen LogP) is 3.87. The van der Waals surface area contributed by atoms with Gasteiger partial charge in [0.05, 0.1) is 5.69 Å². The maximum absolute atomic E-state index is 11.0. The van der Waals surface area contributed by atoms with Crippen LogP contribution < -0.4 is 9.80 Å². The first-order valence-corrected chi connectivity index (χ1v) is 5.97. The van der Waals surface area contributed by atoms with Gasteiger partial charge >= 0.3 is 0 Å². The van der Waals surface area contributed by atoms with Gasteiger partial charge in [-0.3, -0.25) is 10.0 Å². The summed E-state index contributed by atoms with van der Waals surface area (Å²) < 4.78 is 5.58. The van der Waals surface area contributed by atoms with E-state index in [1.165, 1.54) is 6.92 Å². The largest absolute Gasteiger partial charge is 0.457 e. The summed E-state index contributed by atoms with van der Waals surface area (Å²) in [7, 11) is 0. The van der Waals surface area contributed by atoms with Crippen molar-refractivity contribution in [1.29, 1.82) is 0 Å². The zero-order valence-corrected chi connectivity index (χ0v) is 11.0. The fraction of sp³-hybridized carbons (Fsp3) is 0.0714. The van der Waals surface area contributed by atoms with Gasteiger partial charge in [0.25, 0.3) is 0 Å². The van der Waals surface area contributed by atoms with Crippen LogP contribution in [0.2, 0.25) is 5.02 Å². The molecule has 4 nitrogen and oxygen atoms in total. The van der Waals surface area contributed by atoms with E-state index >= 15 is 0 Å². The lowest BCUT2D eigenvalue weighted by molar-refractivity contribution is -0.121. The third-order valence-corrected chi connectivity index (χ3v) is 2.65. The van der Waals surface area contributed by atoms with Gasteiger partial charge in [0.15, 0.2) is 0 Å². The molecule has 19 heavy (non-hydrogen) atoms. The number of hydroxylamine groups is 1. The minimum atomic E-state index is -0.455. The molecule has 0 aliphatic carbocycles. The van der Waals surface area contributed by atoms with Crippen molar-refractivity contribution in [2.45, 2.75) is 6.92 Å². The number of hydrogen-bond donors (Lipinski definition) is 1. The molecule has 98 valence electrons. The van der Waals surface area contributed by atoms with Gasteiger partial charge in [-0.1, -0.05) is 17.7 Å². The van der Waals surface area contributed by atoms with E-state index in [9.17, 15) is 10.0 Å². The molecule has 0 aromatic heterocycles. The lowest BCUT2D eigenvalue weighted by atomic mass is 10.3. The Morgan fingerprint density at radius 2 is 1.84 bits per heavy atom. The Morgan fingerprint density at radius 3 is 2.42 bits per heavy atom. The molecule has 0 spiro atoms. The third kappa shape index (κ3) is 3.47. The summed E-state index contributed by atoms with van der Waals surface area (Å²) in [5.41, 5.74) is 0.381. The number of amides is 1. The molecule has 0 saturated heterocycles. The van der Waals surface area contributed by atoms with Crippen molar-refractivity contribution in [2.24, 2.45) is 0 Å². The first kappa shape index (κ1) is 13.4. The van der Waals surface area contributed by atoms with Crippen LogP contribution in [-0.2, 0) is 4.79 Å². The van der Waals surface area contributed by atoms with Crippen LogP contribution in [0.5, 0.6) is 11.5 Å². The van der Waals surface area contributed by atoms with Crippen LogP contribution in [0.15, 0.2) is 48.5 Å². The second-order valence-corrected chi connectivity index (χ2v) is 4.32. The molecule has 0 atom stereocenters. The number of halogens is 1. The molecule has 1 N–H and O–H groups in total. The molecule has 1 amide bonds. The monoisotopic (exact) mass is 277 g/mol. The summed E-state index contributed by atoms with van der Waals surface area (Å²) >= 11 is 5.86. The van der Waals surface area contributed by atoms with Crippen LogP contribution in [0, 0.1) is 0 Å². The van der Waals surface area contributed by atoms with Crippen LogP contribution in [-0.4, -0.2) is 11.1 Å². The van der Waals surface area contributed by atoms with Crippen molar-refractivity contribution in [3.05, 3.63) is 53.6 Å². The maximum atomic E-state index is 11.0. The quantitative estimate of drug-likeness (QED) is 0.684. The average Bonchev–Trinajstić information content (AvgIpc) is 2.39. The molecular weight excluding hydrogens is 266 g/mol. The van der Waals surface area contributed by atoms with Gasteiger partial charge in [0, 0.05) is 11.9 Å². The Hall–Kier alpha value is -2.04. The van der Waals surface area contributed by atoms with Crippen LogP contribution in [0.3, 0.4) is 0 Å². The number of benzene rings is 2. The molecule has 0 saturated carbocycles. The maximum Gasteiger partial charge on any atom is 0.247 e. The number of anilines is 1. The second kappa shape index (κ2) is 5.73. The zero-order chi connectivity index (χ0) is 13.8. The highest BCUT2D eigenvalue weighted by Gasteiger charge is 2.07. The van der Waals surface area contributed by atoms with Gasteiger partial charge in [0.2, 0.25) is 5.91 Å². The van der Waals surface area contributed by atoms with E-state index in [1.807, 2.05) is 0 Å². The minimum Gasteiger partial charge on any atom is -0.457 e. The van der Waals surface area contributed by atoms with E-state index in [0.717, 1.165) is 0 Å². The van der Waals surface area contributed by atoms with E-state index in [-0.39, 0.29) is 0 Å². The topological polar surface area (TPSA) is 49.8 Å². The van der Waals surface area contributed by atoms with Crippen molar-refractivity contribution in [3.8, 4) is 11.5 Å².